The third kappa shape index (κ3) is 3.34. The van der Waals surface area contributed by atoms with Crippen LogP contribution in [0.4, 0.5) is 5.82 Å². The van der Waals surface area contributed by atoms with Crippen molar-refractivity contribution >= 4 is 23.3 Å². The summed E-state index contributed by atoms with van der Waals surface area (Å²) in [6.45, 7) is 1.38. The van der Waals surface area contributed by atoms with Gasteiger partial charge < -0.3 is 15.1 Å². The fourth-order valence-corrected chi connectivity index (χ4v) is 2.34. The first-order valence-corrected chi connectivity index (χ1v) is 6.48. The molecule has 0 saturated carbocycles. The van der Waals surface area contributed by atoms with E-state index in [1.807, 2.05) is 0 Å². The van der Waals surface area contributed by atoms with Gasteiger partial charge in [-0.15, -0.1) is 0 Å². The number of halogens is 1. The number of hydrazine groups is 1. The minimum absolute atomic E-state index is 0.0901. The number of hydrogen-bond acceptors (Lipinski definition) is 5. The van der Waals surface area contributed by atoms with Crippen LogP contribution in [0.2, 0.25) is 5.15 Å². The van der Waals surface area contributed by atoms with Crippen LogP contribution in [-0.4, -0.2) is 42.1 Å². The fraction of sp³-hybridized carbons (Fsp3) is 0.500. The lowest BCUT2D eigenvalue weighted by Gasteiger charge is -2.31. The maximum atomic E-state index is 12.4. The number of anilines is 1. The van der Waals surface area contributed by atoms with E-state index in [0.29, 0.717) is 24.6 Å². The third-order valence-electron chi connectivity index (χ3n) is 3.25. The Kier molecular flexibility index (Phi) is 4.57. The average Bonchev–Trinajstić information content (AvgIpc) is 2.46. The van der Waals surface area contributed by atoms with Crippen LogP contribution in [0.3, 0.4) is 0 Å². The topological polar surface area (TPSA) is 80.5 Å². The lowest BCUT2D eigenvalue weighted by Crippen LogP contribution is -2.40. The Bertz CT molecular complexity index is 463. The second-order valence-corrected chi connectivity index (χ2v) is 4.85. The van der Waals surface area contributed by atoms with Crippen molar-refractivity contribution in [3.05, 3.63) is 22.8 Å². The Morgan fingerprint density at radius 2 is 2.21 bits per heavy atom. The molecule has 104 valence electrons. The molecular formula is C12H17ClN4O2. The summed E-state index contributed by atoms with van der Waals surface area (Å²) in [5, 5.41) is 0.235. The Balaban J connectivity index is 2.15. The zero-order valence-corrected chi connectivity index (χ0v) is 11.5. The van der Waals surface area contributed by atoms with Crippen molar-refractivity contribution in [2.75, 3.05) is 25.7 Å². The number of nitrogens with two attached hydrogens (primary N) is 1. The molecule has 0 bridgehead atoms. The Morgan fingerprint density at radius 1 is 1.53 bits per heavy atom. The summed E-state index contributed by atoms with van der Waals surface area (Å²) in [5.41, 5.74) is 2.87. The van der Waals surface area contributed by atoms with Gasteiger partial charge in [-0.25, -0.2) is 10.8 Å². The number of aromatic nitrogens is 1. The van der Waals surface area contributed by atoms with E-state index < -0.39 is 0 Å². The van der Waals surface area contributed by atoms with Crippen LogP contribution in [0.15, 0.2) is 12.1 Å². The van der Waals surface area contributed by atoms with Crippen molar-refractivity contribution in [2.45, 2.75) is 18.9 Å². The number of amides is 1. The number of ether oxygens (including phenoxy) is 1. The van der Waals surface area contributed by atoms with Gasteiger partial charge in [0.1, 0.15) is 11.0 Å². The normalized spacial score (nSPS) is 16.2. The monoisotopic (exact) mass is 284 g/mol. The van der Waals surface area contributed by atoms with E-state index in [2.05, 4.69) is 10.4 Å². The zero-order chi connectivity index (χ0) is 13.8. The number of carbonyl (C=O) groups excluding carboxylic acids is 1. The molecule has 1 aliphatic heterocycles. The molecular weight excluding hydrogens is 268 g/mol. The lowest BCUT2D eigenvalue weighted by molar-refractivity contribution is 0.0362. The van der Waals surface area contributed by atoms with Crippen molar-refractivity contribution < 1.29 is 9.53 Å². The molecule has 7 heteroatoms. The molecule has 19 heavy (non-hydrogen) atoms. The van der Waals surface area contributed by atoms with Crippen molar-refractivity contribution in [3.8, 4) is 0 Å². The van der Waals surface area contributed by atoms with Gasteiger partial charge in [0.2, 0.25) is 0 Å². The predicted molar refractivity (Wildman–Crippen MR) is 73.0 cm³/mol. The first-order valence-electron chi connectivity index (χ1n) is 6.11. The molecule has 1 saturated heterocycles. The highest BCUT2D eigenvalue weighted by molar-refractivity contribution is 6.29. The third-order valence-corrected chi connectivity index (χ3v) is 3.44. The highest BCUT2D eigenvalue weighted by Gasteiger charge is 2.23. The summed E-state index contributed by atoms with van der Waals surface area (Å²) in [4.78, 5) is 18.1. The molecule has 0 spiro atoms. The molecule has 0 aliphatic carbocycles. The Labute approximate surface area is 116 Å². The largest absolute Gasteiger partial charge is 0.381 e. The van der Waals surface area contributed by atoms with Gasteiger partial charge in [0.15, 0.2) is 0 Å². The molecule has 6 nitrogen and oxygen atoms in total. The standard InChI is InChI=1S/C12H17ClN4O2/c1-17(9-2-4-19-5-3-9)12(18)8-6-10(13)15-11(7-8)16-14/h6-7,9H,2-5,14H2,1H3,(H,15,16). The van der Waals surface area contributed by atoms with Crippen LogP contribution >= 0.6 is 11.6 Å². The summed E-state index contributed by atoms with van der Waals surface area (Å²) in [7, 11) is 1.79. The second kappa shape index (κ2) is 6.18. The fourth-order valence-electron chi connectivity index (χ4n) is 2.14. The molecule has 2 heterocycles. The second-order valence-electron chi connectivity index (χ2n) is 4.47. The number of rotatable bonds is 3. The maximum Gasteiger partial charge on any atom is 0.254 e. The van der Waals surface area contributed by atoms with E-state index in [-0.39, 0.29) is 17.1 Å². The van der Waals surface area contributed by atoms with Crippen LogP contribution in [0, 0.1) is 0 Å². The first-order chi connectivity index (χ1) is 9.11. The molecule has 1 aromatic heterocycles. The smallest absolute Gasteiger partial charge is 0.254 e. The van der Waals surface area contributed by atoms with Gasteiger partial charge in [0.25, 0.3) is 5.91 Å². The molecule has 2 rings (SSSR count). The molecule has 1 fully saturated rings. The lowest BCUT2D eigenvalue weighted by atomic mass is 10.1. The highest BCUT2D eigenvalue weighted by Crippen LogP contribution is 2.19. The summed E-state index contributed by atoms with van der Waals surface area (Å²) in [5.74, 6) is 5.58. The van der Waals surface area contributed by atoms with Gasteiger partial charge >= 0.3 is 0 Å². The molecule has 1 amide bonds. The van der Waals surface area contributed by atoms with E-state index in [1.165, 1.54) is 0 Å². The minimum Gasteiger partial charge on any atom is -0.381 e. The molecule has 1 aliphatic rings. The highest BCUT2D eigenvalue weighted by atomic mass is 35.5. The molecule has 0 unspecified atom stereocenters. The molecule has 0 radical (unpaired) electrons. The van der Waals surface area contributed by atoms with Gasteiger partial charge in [-0.1, -0.05) is 11.6 Å². The summed E-state index contributed by atoms with van der Waals surface area (Å²) < 4.78 is 5.30. The van der Waals surface area contributed by atoms with Crippen molar-refractivity contribution in [1.29, 1.82) is 0 Å². The van der Waals surface area contributed by atoms with E-state index in [0.717, 1.165) is 12.8 Å². The quantitative estimate of drug-likeness (QED) is 0.496. The molecule has 0 atom stereocenters. The average molecular weight is 285 g/mol. The van der Waals surface area contributed by atoms with E-state index in [9.17, 15) is 4.79 Å². The Morgan fingerprint density at radius 3 is 2.84 bits per heavy atom. The van der Waals surface area contributed by atoms with E-state index in [4.69, 9.17) is 22.2 Å². The Hall–Kier alpha value is -1.37. The van der Waals surface area contributed by atoms with Crippen LogP contribution in [0.5, 0.6) is 0 Å². The van der Waals surface area contributed by atoms with Crippen LogP contribution in [0.25, 0.3) is 0 Å². The van der Waals surface area contributed by atoms with Gasteiger partial charge in [-0.3, -0.25) is 4.79 Å². The number of carbonyl (C=O) groups is 1. The number of nitrogens with one attached hydrogen (secondary N) is 1. The first kappa shape index (κ1) is 14.0. The van der Waals surface area contributed by atoms with Crippen molar-refractivity contribution in [1.82, 2.24) is 9.88 Å². The van der Waals surface area contributed by atoms with E-state index in [1.54, 1.807) is 24.1 Å². The summed E-state index contributed by atoms with van der Waals surface area (Å²) >= 11 is 5.87. The number of hydrogen-bond donors (Lipinski definition) is 2. The van der Waals surface area contributed by atoms with Crippen molar-refractivity contribution in [2.24, 2.45) is 5.84 Å². The van der Waals surface area contributed by atoms with Gasteiger partial charge in [0.05, 0.1) is 0 Å². The number of nitrogens with zero attached hydrogens (tertiary/aromatic N) is 2. The predicted octanol–water partition coefficient (Wildman–Crippen LogP) is 1.27. The minimum atomic E-state index is -0.0901. The number of nitrogen functional groups attached to an aromatic ring is 1. The van der Waals surface area contributed by atoms with E-state index >= 15 is 0 Å². The molecule has 3 N–H and O–H groups in total. The zero-order valence-electron chi connectivity index (χ0n) is 10.7. The van der Waals surface area contributed by atoms with Gasteiger partial charge in [-0.2, -0.15) is 0 Å². The van der Waals surface area contributed by atoms with Crippen LogP contribution in [0.1, 0.15) is 23.2 Å². The molecule has 0 aromatic carbocycles. The van der Waals surface area contributed by atoms with Crippen molar-refractivity contribution in [3.63, 3.8) is 0 Å². The maximum absolute atomic E-state index is 12.4. The van der Waals surface area contributed by atoms with Gasteiger partial charge in [-0.05, 0) is 25.0 Å². The summed E-state index contributed by atoms with van der Waals surface area (Å²) in [6.07, 6.45) is 1.70. The van der Waals surface area contributed by atoms with Crippen LogP contribution in [-0.2, 0) is 4.74 Å². The number of pyridine rings is 1. The SMILES string of the molecule is CN(C(=O)c1cc(Cl)nc(NN)c1)C1CCOCC1. The summed E-state index contributed by atoms with van der Waals surface area (Å²) in [6, 6.07) is 3.33. The molecule has 1 aromatic rings. The van der Waals surface area contributed by atoms with Crippen LogP contribution < -0.4 is 11.3 Å². The van der Waals surface area contributed by atoms with Gasteiger partial charge in [0, 0.05) is 31.9 Å².